The molecule has 0 radical (unpaired) electrons. The van der Waals surface area contributed by atoms with Crippen molar-refractivity contribution in [1.82, 2.24) is 19.2 Å². The van der Waals surface area contributed by atoms with E-state index in [4.69, 9.17) is 0 Å². The minimum Gasteiger partial charge on any atom is -0.396 e. The Morgan fingerprint density at radius 2 is 2.13 bits per heavy atom. The fraction of sp³-hybridized carbons (Fsp3) is 0.812. The van der Waals surface area contributed by atoms with Crippen molar-refractivity contribution in [3.05, 3.63) is 16.3 Å². The largest absolute Gasteiger partial charge is 0.396 e. The Hall–Kier alpha value is -1.63. The van der Waals surface area contributed by atoms with Crippen molar-refractivity contribution in [2.45, 2.75) is 64.6 Å². The number of hydrogen-bond donors (Lipinski definition) is 1. The fourth-order valence-electron chi connectivity index (χ4n) is 3.63. The summed E-state index contributed by atoms with van der Waals surface area (Å²) < 4.78 is 3.04. The van der Waals surface area contributed by atoms with Crippen LogP contribution in [0.15, 0.2) is 4.79 Å². The molecule has 1 N–H and O–H groups in total. The predicted molar refractivity (Wildman–Crippen MR) is 85.0 cm³/mol. The molecular formula is C16H26N4O3. The highest BCUT2D eigenvalue weighted by Crippen LogP contribution is 2.21. The number of hydrogen-bond acceptors (Lipinski definition) is 4. The third-order valence-electron chi connectivity index (χ3n) is 5.12. The molecular weight excluding hydrogens is 296 g/mol. The lowest BCUT2D eigenvalue weighted by molar-refractivity contribution is -0.136. The Morgan fingerprint density at radius 1 is 1.30 bits per heavy atom. The van der Waals surface area contributed by atoms with Crippen LogP contribution in [0.2, 0.25) is 0 Å². The van der Waals surface area contributed by atoms with Crippen LogP contribution in [0.1, 0.15) is 44.9 Å². The lowest BCUT2D eigenvalue weighted by Crippen LogP contribution is -2.48. The van der Waals surface area contributed by atoms with Gasteiger partial charge < -0.3 is 10.0 Å². The maximum Gasteiger partial charge on any atom is 0.346 e. The zero-order valence-corrected chi connectivity index (χ0v) is 13.8. The summed E-state index contributed by atoms with van der Waals surface area (Å²) in [6.45, 7) is 3.40. The topological polar surface area (TPSA) is 80.4 Å². The van der Waals surface area contributed by atoms with E-state index in [9.17, 15) is 14.7 Å². The number of aryl methyl sites for hydroxylation is 1. The molecule has 0 saturated carbocycles. The molecule has 1 aromatic rings. The molecule has 128 valence electrons. The maximum atomic E-state index is 12.6. The monoisotopic (exact) mass is 322 g/mol. The molecule has 1 saturated heterocycles. The SMILES string of the molecule is CC1CCC(CO)CN1C(=O)Cn1nc2n(c1=O)CCCCC2. The van der Waals surface area contributed by atoms with E-state index in [1.807, 2.05) is 6.92 Å². The highest BCUT2D eigenvalue weighted by molar-refractivity contribution is 5.76. The maximum absolute atomic E-state index is 12.6. The predicted octanol–water partition coefficient (Wildman–Crippen LogP) is 0.391. The van der Waals surface area contributed by atoms with Crippen molar-refractivity contribution in [2.75, 3.05) is 13.2 Å². The number of likely N-dealkylation sites (tertiary alicyclic amines) is 1. The lowest BCUT2D eigenvalue weighted by atomic mass is 9.94. The minimum absolute atomic E-state index is 0.00131. The van der Waals surface area contributed by atoms with Gasteiger partial charge in [0, 0.05) is 32.2 Å². The normalized spacial score (nSPS) is 25.0. The summed E-state index contributed by atoms with van der Waals surface area (Å²) in [5, 5.41) is 13.7. The number of aromatic nitrogens is 3. The first-order chi connectivity index (χ1) is 11.1. The van der Waals surface area contributed by atoms with Crippen molar-refractivity contribution < 1.29 is 9.90 Å². The molecule has 1 amide bonds. The van der Waals surface area contributed by atoms with E-state index in [2.05, 4.69) is 5.10 Å². The number of carbonyl (C=O) groups excluding carboxylic acids is 1. The third kappa shape index (κ3) is 3.34. The van der Waals surface area contributed by atoms with Gasteiger partial charge in [0.15, 0.2) is 0 Å². The first kappa shape index (κ1) is 16.2. The first-order valence-corrected chi connectivity index (χ1v) is 8.67. The Kier molecular flexibility index (Phi) is 4.84. The highest BCUT2D eigenvalue weighted by atomic mass is 16.3. The summed E-state index contributed by atoms with van der Waals surface area (Å²) in [6, 6.07) is 0.154. The number of aliphatic hydroxyl groups excluding tert-OH is 1. The first-order valence-electron chi connectivity index (χ1n) is 8.67. The second-order valence-corrected chi connectivity index (χ2v) is 6.84. The average molecular weight is 322 g/mol. The quantitative estimate of drug-likeness (QED) is 0.873. The van der Waals surface area contributed by atoms with Gasteiger partial charge in [-0.05, 0) is 38.5 Å². The smallest absolute Gasteiger partial charge is 0.346 e. The number of rotatable bonds is 3. The fourth-order valence-corrected chi connectivity index (χ4v) is 3.63. The van der Waals surface area contributed by atoms with E-state index < -0.39 is 0 Å². The molecule has 1 fully saturated rings. The standard InChI is InChI=1S/C16H26N4O3/c1-12-6-7-13(11-21)9-19(12)15(22)10-20-16(23)18-8-4-2-3-5-14(18)17-20/h12-13,21H,2-11H2,1H3. The Balaban J connectivity index is 1.74. The van der Waals surface area contributed by atoms with E-state index in [0.717, 1.165) is 44.3 Å². The number of amides is 1. The van der Waals surface area contributed by atoms with Crippen LogP contribution in [-0.2, 0) is 24.3 Å². The zero-order valence-electron chi connectivity index (χ0n) is 13.8. The molecule has 7 heteroatoms. The van der Waals surface area contributed by atoms with E-state index >= 15 is 0 Å². The Morgan fingerprint density at radius 3 is 2.91 bits per heavy atom. The molecule has 0 bridgehead atoms. The Labute approximate surface area is 135 Å². The number of carbonyl (C=O) groups is 1. The summed E-state index contributed by atoms with van der Waals surface area (Å²) in [4.78, 5) is 26.8. The zero-order chi connectivity index (χ0) is 16.4. The average Bonchev–Trinajstić information content (AvgIpc) is 2.73. The van der Waals surface area contributed by atoms with Gasteiger partial charge in [0.1, 0.15) is 12.4 Å². The van der Waals surface area contributed by atoms with Crippen molar-refractivity contribution in [3.8, 4) is 0 Å². The van der Waals surface area contributed by atoms with Crippen molar-refractivity contribution in [2.24, 2.45) is 5.92 Å². The molecule has 0 aliphatic carbocycles. The van der Waals surface area contributed by atoms with Gasteiger partial charge >= 0.3 is 5.69 Å². The van der Waals surface area contributed by atoms with Gasteiger partial charge in [-0.2, -0.15) is 5.10 Å². The molecule has 0 spiro atoms. The van der Waals surface area contributed by atoms with Crippen LogP contribution >= 0.6 is 0 Å². The van der Waals surface area contributed by atoms with Crippen LogP contribution in [0.4, 0.5) is 0 Å². The van der Waals surface area contributed by atoms with Gasteiger partial charge in [-0.25, -0.2) is 9.48 Å². The van der Waals surface area contributed by atoms with Gasteiger partial charge in [0.25, 0.3) is 0 Å². The summed E-state index contributed by atoms with van der Waals surface area (Å²) in [5.74, 6) is 0.872. The van der Waals surface area contributed by atoms with Gasteiger partial charge in [0.05, 0.1) is 0 Å². The summed E-state index contributed by atoms with van der Waals surface area (Å²) in [7, 11) is 0. The molecule has 2 unspecified atom stereocenters. The van der Waals surface area contributed by atoms with E-state index in [1.165, 1.54) is 4.68 Å². The molecule has 3 heterocycles. The molecule has 1 aromatic heterocycles. The van der Waals surface area contributed by atoms with Crippen LogP contribution in [0.5, 0.6) is 0 Å². The van der Waals surface area contributed by atoms with Gasteiger partial charge in [-0.3, -0.25) is 9.36 Å². The molecule has 7 nitrogen and oxygen atoms in total. The summed E-state index contributed by atoms with van der Waals surface area (Å²) >= 11 is 0. The van der Waals surface area contributed by atoms with Crippen LogP contribution in [0, 0.1) is 5.92 Å². The van der Waals surface area contributed by atoms with E-state index in [1.54, 1.807) is 9.47 Å². The van der Waals surface area contributed by atoms with Crippen LogP contribution in [-0.4, -0.2) is 49.5 Å². The Bertz CT molecular complexity index is 621. The molecule has 23 heavy (non-hydrogen) atoms. The molecule has 2 atom stereocenters. The van der Waals surface area contributed by atoms with Crippen LogP contribution < -0.4 is 5.69 Å². The molecule has 0 aromatic carbocycles. The lowest BCUT2D eigenvalue weighted by Gasteiger charge is -2.37. The van der Waals surface area contributed by atoms with Crippen molar-refractivity contribution >= 4 is 5.91 Å². The number of aliphatic hydroxyl groups is 1. The molecule has 2 aliphatic heterocycles. The van der Waals surface area contributed by atoms with Crippen molar-refractivity contribution in [1.29, 1.82) is 0 Å². The third-order valence-corrected chi connectivity index (χ3v) is 5.12. The number of nitrogens with zero attached hydrogens (tertiary/aromatic N) is 4. The van der Waals surface area contributed by atoms with Gasteiger partial charge in [0.2, 0.25) is 5.91 Å². The summed E-state index contributed by atoms with van der Waals surface area (Å²) in [5.41, 5.74) is -0.168. The second-order valence-electron chi connectivity index (χ2n) is 6.84. The van der Waals surface area contributed by atoms with Crippen molar-refractivity contribution in [3.63, 3.8) is 0 Å². The molecule has 2 aliphatic rings. The van der Waals surface area contributed by atoms with Crippen LogP contribution in [0.3, 0.4) is 0 Å². The molecule has 3 rings (SSSR count). The van der Waals surface area contributed by atoms with Crippen LogP contribution in [0.25, 0.3) is 0 Å². The van der Waals surface area contributed by atoms with E-state index in [0.29, 0.717) is 13.1 Å². The van der Waals surface area contributed by atoms with Gasteiger partial charge in [-0.1, -0.05) is 6.42 Å². The highest BCUT2D eigenvalue weighted by Gasteiger charge is 2.29. The number of fused-ring (bicyclic) bond motifs is 1. The summed E-state index contributed by atoms with van der Waals surface area (Å²) in [6.07, 6.45) is 5.81. The van der Waals surface area contributed by atoms with E-state index in [-0.39, 0.29) is 36.7 Å². The van der Waals surface area contributed by atoms with Gasteiger partial charge in [-0.15, -0.1) is 0 Å². The minimum atomic E-state index is -0.168. The second kappa shape index (κ2) is 6.86. The number of piperidine rings is 1.